The number of rotatable bonds is 8. The van der Waals surface area contributed by atoms with Crippen LogP contribution in [-0.2, 0) is 16.2 Å². The third kappa shape index (κ3) is 8.13. The molecule has 0 aromatic heterocycles. The molecule has 0 nitrogen and oxygen atoms in total. The van der Waals surface area contributed by atoms with Crippen LogP contribution >= 0.6 is 0 Å². The Labute approximate surface area is 523 Å². The molecule has 0 bridgehead atoms. The van der Waals surface area contributed by atoms with Gasteiger partial charge in [-0.15, -0.1) is 0 Å². The summed E-state index contributed by atoms with van der Waals surface area (Å²) in [6.45, 7) is 14.5. The van der Waals surface area contributed by atoms with Crippen molar-refractivity contribution in [3.8, 4) is 122 Å². The third-order valence-corrected chi connectivity index (χ3v) is 20.8. The molecule has 0 fully saturated rings. The third-order valence-electron chi connectivity index (χ3n) is 20.8. The standard InChI is InChI=1S/C89H66/c1-87(2)81-49-57(59-35-41-77-79-43-37-61(53-85(79)88(3,4)83(77)51-59)63-25-13-15-27-67(63)73-47-45-65(55-21-9-7-10-22-55)69-29-17-19-31-71(69)73)33-39-75(81)76-40-34-58(50-82(76)87)60-36-42-78-80-44-38-62(54-86(80)89(5,6)84(78)52-60)64-26-14-16-28-68(64)74-48-46-66(56-23-11-8-12-24-56)70-30-18-20-32-72(70)74/h7-54H,1-6H3. The highest BCUT2D eigenvalue weighted by molar-refractivity contribution is 6.09. The first-order valence-electron chi connectivity index (χ1n) is 31.6. The topological polar surface area (TPSA) is 0 Å². The maximum absolute atomic E-state index is 2.49. The van der Waals surface area contributed by atoms with Gasteiger partial charge in [0.15, 0.2) is 0 Å². The summed E-state index contributed by atoms with van der Waals surface area (Å²) in [5.74, 6) is 0. The maximum Gasteiger partial charge on any atom is 0.0159 e. The molecular weight excluding hydrogens is 1070 g/mol. The van der Waals surface area contributed by atoms with Crippen molar-refractivity contribution >= 4 is 21.5 Å². The van der Waals surface area contributed by atoms with Crippen LogP contribution in [0.1, 0.15) is 74.9 Å². The summed E-state index contributed by atoms with van der Waals surface area (Å²) in [7, 11) is 0. The fraction of sp³-hybridized carbons (Fsp3) is 0.101. The minimum absolute atomic E-state index is 0.193. The molecule has 0 amide bonds. The highest BCUT2D eigenvalue weighted by Crippen LogP contribution is 2.56. The molecule has 89 heavy (non-hydrogen) atoms. The van der Waals surface area contributed by atoms with E-state index in [4.69, 9.17) is 0 Å². The fourth-order valence-corrected chi connectivity index (χ4v) is 16.0. The largest absolute Gasteiger partial charge is 0.0622 e. The van der Waals surface area contributed by atoms with E-state index in [1.165, 1.54) is 177 Å². The van der Waals surface area contributed by atoms with Gasteiger partial charge in [-0.25, -0.2) is 0 Å². The average Bonchev–Trinajstić information content (AvgIpc) is 1.65. The lowest BCUT2D eigenvalue weighted by atomic mass is 9.79. The maximum atomic E-state index is 2.49. The summed E-state index contributed by atoms with van der Waals surface area (Å²) in [6.07, 6.45) is 0. The molecule has 0 heteroatoms. The Balaban J connectivity index is 0.652. The zero-order valence-electron chi connectivity index (χ0n) is 51.2. The summed E-state index contributed by atoms with van der Waals surface area (Å²) in [4.78, 5) is 0. The molecule has 0 spiro atoms. The van der Waals surface area contributed by atoms with Crippen molar-refractivity contribution < 1.29 is 0 Å². The van der Waals surface area contributed by atoms with Gasteiger partial charge in [0.1, 0.15) is 0 Å². The molecule has 0 radical (unpaired) electrons. The van der Waals surface area contributed by atoms with Gasteiger partial charge in [-0.2, -0.15) is 0 Å². The Morgan fingerprint density at radius 3 is 0.663 bits per heavy atom. The van der Waals surface area contributed by atoms with Gasteiger partial charge < -0.3 is 0 Å². The molecule has 0 aliphatic heterocycles. The second-order valence-electron chi connectivity index (χ2n) is 26.7. The minimum atomic E-state index is -0.198. The molecule has 0 N–H and O–H groups in total. The van der Waals surface area contributed by atoms with E-state index in [9.17, 15) is 0 Å². The van der Waals surface area contributed by atoms with E-state index < -0.39 is 0 Å². The van der Waals surface area contributed by atoms with Gasteiger partial charge in [0.2, 0.25) is 0 Å². The number of benzene rings is 14. The van der Waals surface area contributed by atoms with Gasteiger partial charge in [0.05, 0.1) is 0 Å². The summed E-state index contributed by atoms with van der Waals surface area (Å²) < 4.78 is 0. The highest BCUT2D eigenvalue weighted by atomic mass is 14.4. The predicted molar refractivity (Wildman–Crippen MR) is 378 cm³/mol. The quantitative estimate of drug-likeness (QED) is 0.142. The molecule has 0 saturated heterocycles. The zero-order valence-corrected chi connectivity index (χ0v) is 51.2. The summed E-state index contributed by atoms with van der Waals surface area (Å²) in [5.41, 5.74) is 35.7. The molecule has 14 aromatic carbocycles. The lowest BCUT2D eigenvalue weighted by molar-refractivity contribution is 0.659. The summed E-state index contributed by atoms with van der Waals surface area (Å²) in [5, 5.41) is 5.07. The van der Waals surface area contributed by atoms with Crippen molar-refractivity contribution in [1.29, 1.82) is 0 Å². The van der Waals surface area contributed by atoms with E-state index in [0.29, 0.717) is 0 Å². The van der Waals surface area contributed by atoms with Crippen molar-refractivity contribution in [3.63, 3.8) is 0 Å². The number of fused-ring (bicyclic) bond motifs is 11. The predicted octanol–water partition coefficient (Wildman–Crippen LogP) is 24.2. The van der Waals surface area contributed by atoms with Crippen LogP contribution in [0.15, 0.2) is 291 Å². The molecular formula is C89H66. The molecule has 0 unspecified atom stereocenters. The monoisotopic (exact) mass is 1130 g/mol. The smallest absolute Gasteiger partial charge is 0.0159 e. The molecule has 3 aliphatic carbocycles. The zero-order chi connectivity index (χ0) is 59.9. The van der Waals surface area contributed by atoms with E-state index in [2.05, 4.69) is 333 Å². The van der Waals surface area contributed by atoms with E-state index in [1.807, 2.05) is 0 Å². The lowest BCUT2D eigenvalue weighted by Gasteiger charge is -2.24. The van der Waals surface area contributed by atoms with Gasteiger partial charge in [-0.05, 0) is 214 Å². The van der Waals surface area contributed by atoms with Crippen LogP contribution in [0.5, 0.6) is 0 Å². The Morgan fingerprint density at radius 2 is 0.360 bits per heavy atom. The van der Waals surface area contributed by atoms with Crippen LogP contribution in [0.2, 0.25) is 0 Å². The molecule has 3 aliphatic rings. The van der Waals surface area contributed by atoms with E-state index in [1.54, 1.807) is 0 Å². The Bertz CT molecular complexity index is 4930. The van der Waals surface area contributed by atoms with Gasteiger partial charge in [-0.3, -0.25) is 0 Å². The first-order chi connectivity index (χ1) is 43.4. The molecule has 0 saturated carbocycles. The summed E-state index contributed by atoms with van der Waals surface area (Å²) >= 11 is 0. The van der Waals surface area contributed by atoms with E-state index in [0.717, 1.165) is 0 Å². The minimum Gasteiger partial charge on any atom is -0.0622 e. The SMILES string of the molecule is CC1(C)c2cc(-c3ccc4c(c3)C(C)(C)c3cc(-c5ccccc5-c5ccc(-c6ccccc6)c6ccccc56)ccc3-4)ccc2-c2ccc(-c3ccc4c(c3)C(C)(C)c3cc(-c5ccccc5-c5ccc(-c6ccccc6)c6ccccc56)ccc3-4)cc21. The summed E-state index contributed by atoms with van der Waals surface area (Å²) in [6, 6.07) is 110. The first-order valence-corrected chi connectivity index (χ1v) is 31.6. The molecule has 0 atom stereocenters. The van der Waals surface area contributed by atoms with E-state index >= 15 is 0 Å². The van der Waals surface area contributed by atoms with Gasteiger partial charge in [0, 0.05) is 16.2 Å². The van der Waals surface area contributed by atoms with Crippen molar-refractivity contribution in [2.45, 2.75) is 57.8 Å². The molecule has 0 heterocycles. The van der Waals surface area contributed by atoms with Gasteiger partial charge in [0.25, 0.3) is 0 Å². The Morgan fingerprint density at radius 1 is 0.146 bits per heavy atom. The van der Waals surface area contributed by atoms with Crippen LogP contribution in [0.25, 0.3) is 144 Å². The Hall–Kier alpha value is -10.4. The van der Waals surface area contributed by atoms with Gasteiger partial charge >= 0.3 is 0 Å². The first kappa shape index (κ1) is 52.9. The fourth-order valence-electron chi connectivity index (χ4n) is 16.0. The number of hydrogen-bond donors (Lipinski definition) is 0. The Kier molecular flexibility index (Phi) is 11.8. The van der Waals surface area contributed by atoms with Crippen molar-refractivity contribution in [2.75, 3.05) is 0 Å². The second kappa shape index (κ2) is 19.8. The molecule has 17 rings (SSSR count). The second-order valence-corrected chi connectivity index (χ2v) is 26.7. The lowest BCUT2D eigenvalue weighted by Crippen LogP contribution is -2.16. The van der Waals surface area contributed by atoms with Crippen LogP contribution in [0.3, 0.4) is 0 Å². The van der Waals surface area contributed by atoms with Crippen molar-refractivity contribution in [3.05, 3.63) is 325 Å². The van der Waals surface area contributed by atoms with Crippen molar-refractivity contribution in [2.24, 2.45) is 0 Å². The highest BCUT2D eigenvalue weighted by Gasteiger charge is 2.40. The normalized spacial score (nSPS) is 14.2. The van der Waals surface area contributed by atoms with Crippen LogP contribution in [0, 0.1) is 0 Å². The number of hydrogen-bond acceptors (Lipinski definition) is 0. The molecule has 14 aromatic rings. The van der Waals surface area contributed by atoms with Crippen LogP contribution in [-0.4, -0.2) is 0 Å². The average molecular weight is 1140 g/mol. The van der Waals surface area contributed by atoms with Crippen LogP contribution in [0.4, 0.5) is 0 Å². The molecule has 422 valence electrons. The van der Waals surface area contributed by atoms with Crippen LogP contribution < -0.4 is 0 Å². The van der Waals surface area contributed by atoms with E-state index in [-0.39, 0.29) is 16.2 Å². The van der Waals surface area contributed by atoms with Crippen molar-refractivity contribution in [1.82, 2.24) is 0 Å². The van der Waals surface area contributed by atoms with Gasteiger partial charge in [-0.1, -0.05) is 296 Å².